The van der Waals surface area contributed by atoms with Gasteiger partial charge in [0.25, 0.3) is 0 Å². The van der Waals surface area contributed by atoms with Crippen molar-refractivity contribution in [1.82, 2.24) is 9.55 Å². The van der Waals surface area contributed by atoms with Gasteiger partial charge in [-0.05, 0) is 12.1 Å². The SMILES string of the molecule is CS(=O)(=O)c1cccc(NCCn2ccnc2)c1[N+](=O)[O-]. The average molecular weight is 310 g/mol. The van der Waals surface area contributed by atoms with Crippen LogP contribution in [0, 0.1) is 10.1 Å². The van der Waals surface area contributed by atoms with Crippen LogP contribution in [0.25, 0.3) is 0 Å². The first-order chi connectivity index (χ1) is 9.89. The number of rotatable bonds is 6. The summed E-state index contributed by atoms with van der Waals surface area (Å²) in [7, 11) is -3.67. The Morgan fingerprint density at radius 1 is 1.43 bits per heavy atom. The van der Waals surface area contributed by atoms with E-state index in [9.17, 15) is 18.5 Å². The molecule has 9 heteroatoms. The molecule has 0 atom stereocenters. The summed E-state index contributed by atoms with van der Waals surface area (Å²) in [6.45, 7) is 0.963. The Hall–Kier alpha value is -2.42. The smallest absolute Gasteiger partial charge is 0.310 e. The van der Waals surface area contributed by atoms with E-state index in [1.165, 1.54) is 18.2 Å². The van der Waals surface area contributed by atoms with Crippen molar-refractivity contribution in [2.24, 2.45) is 0 Å². The molecule has 0 fully saturated rings. The number of aromatic nitrogens is 2. The van der Waals surface area contributed by atoms with Crippen LogP contribution in [0.4, 0.5) is 11.4 Å². The average Bonchev–Trinajstić information content (AvgIpc) is 2.90. The molecule has 2 aromatic rings. The number of nitro benzene ring substituents is 1. The summed E-state index contributed by atoms with van der Waals surface area (Å²) in [6.07, 6.45) is 5.98. The van der Waals surface area contributed by atoms with Crippen molar-refractivity contribution in [3.05, 3.63) is 47.0 Å². The normalized spacial score (nSPS) is 11.3. The van der Waals surface area contributed by atoms with Gasteiger partial charge in [-0.15, -0.1) is 0 Å². The number of benzene rings is 1. The zero-order valence-electron chi connectivity index (χ0n) is 11.3. The lowest BCUT2D eigenvalue weighted by atomic mass is 10.2. The molecule has 0 bridgehead atoms. The monoisotopic (exact) mass is 310 g/mol. The minimum absolute atomic E-state index is 0.183. The molecule has 1 aromatic heterocycles. The highest BCUT2D eigenvalue weighted by Gasteiger charge is 2.25. The second-order valence-corrected chi connectivity index (χ2v) is 6.39. The molecule has 0 aliphatic heterocycles. The number of nitro groups is 1. The quantitative estimate of drug-likeness (QED) is 0.636. The highest BCUT2D eigenvalue weighted by Crippen LogP contribution is 2.31. The summed E-state index contributed by atoms with van der Waals surface area (Å²) in [5, 5.41) is 14.1. The van der Waals surface area contributed by atoms with Gasteiger partial charge in [0.05, 0.1) is 11.3 Å². The first kappa shape index (κ1) is 15.0. The van der Waals surface area contributed by atoms with Crippen molar-refractivity contribution in [1.29, 1.82) is 0 Å². The topological polar surface area (TPSA) is 107 Å². The standard InChI is InChI=1S/C12H14N4O4S/c1-21(19,20)11-4-2-3-10(12(11)16(17)18)14-6-8-15-7-5-13-9-15/h2-5,7,9,14H,6,8H2,1H3. The summed E-state index contributed by atoms with van der Waals surface area (Å²) in [4.78, 5) is 14.1. The van der Waals surface area contributed by atoms with E-state index in [0.717, 1.165) is 6.26 Å². The molecule has 0 saturated heterocycles. The summed E-state index contributed by atoms with van der Waals surface area (Å²) < 4.78 is 25.1. The lowest BCUT2D eigenvalue weighted by Crippen LogP contribution is -2.12. The minimum Gasteiger partial charge on any atom is -0.378 e. The lowest BCUT2D eigenvalue weighted by molar-refractivity contribution is -0.386. The predicted molar refractivity (Wildman–Crippen MR) is 76.9 cm³/mol. The van der Waals surface area contributed by atoms with Gasteiger partial charge in [-0.3, -0.25) is 10.1 Å². The van der Waals surface area contributed by atoms with Crippen molar-refractivity contribution in [3.63, 3.8) is 0 Å². The zero-order chi connectivity index (χ0) is 15.5. The maximum Gasteiger partial charge on any atom is 0.310 e. The van der Waals surface area contributed by atoms with Crippen LogP contribution in [0.1, 0.15) is 0 Å². The maximum absolute atomic E-state index is 11.6. The van der Waals surface area contributed by atoms with Crippen molar-refractivity contribution in [3.8, 4) is 0 Å². The largest absolute Gasteiger partial charge is 0.378 e. The number of nitrogens with one attached hydrogen (secondary N) is 1. The Morgan fingerprint density at radius 2 is 2.19 bits per heavy atom. The third kappa shape index (κ3) is 3.57. The number of nitrogens with zero attached hydrogens (tertiary/aromatic N) is 3. The van der Waals surface area contributed by atoms with Gasteiger partial charge in [-0.2, -0.15) is 0 Å². The summed E-state index contributed by atoms with van der Waals surface area (Å²) in [5.74, 6) is 0. The number of anilines is 1. The number of para-hydroxylation sites is 1. The summed E-state index contributed by atoms with van der Waals surface area (Å²) >= 11 is 0. The van der Waals surface area contributed by atoms with E-state index in [-0.39, 0.29) is 10.6 Å². The molecule has 0 unspecified atom stereocenters. The van der Waals surface area contributed by atoms with Crippen molar-refractivity contribution in [2.75, 3.05) is 18.1 Å². The van der Waals surface area contributed by atoms with Gasteiger partial charge in [0, 0.05) is 31.7 Å². The third-order valence-corrected chi connectivity index (χ3v) is 3.95. The van der Waals surface area contributed by atoms with E-state index in [0.29, 0.717) is 13.1 Å². The fraction of sp³-hybridized carbons (Fsp3) is 0.250. The van der Waals surface area contributed by atoms with Crippen LogP contribution in [0.3, 0.4) is 0 Å². The maximum atomic E-state index is 11.6. The Labute approximate surface area is 121 Å². The van der Waals surface area contributed by atoms with Crippen LogP contribution >= 0.6 is 0 Å². The molecule has 0 radical (unpaired) electrons. The summed E-state index contributed by atoms with van der Waals surface area (Å²) in [5.41, 5.74) is -0.242. The van der Waals surface area contributed by atoms with Crippen molar-refractivity contribution in [2.45, 2.75) is 11.4 Å². The fourth-order valence-electron chi connectivity index (χ4n) is 1.89. The minimum atomic E-state index is -3.67. The Bertz CT molecular complexity index is 741. The van der Waals surface area contributed by atoms with Gasteiger partial charge < -0.3 is 9.88 Å². The fourth-order valence-corrected chi connectivity index (χ4v) is 2.75. The van der Waals surface area contributed by atoms with Crippen LogP contribution in [0.5, 0.6) is 0 Å². The zero-order valence-corrected chi connectivity index (χ0v) is 12.1. The highest BCUT2D eigenvalue weighted by atomic mass is 32.2. The molecular formula is C12H14N4O4S. The predicted octanol–water partition coefficient (Wildman–Crippen LogP) is 1.31. The number of hydrogen-bond donors (Lipinski definition) is 1. The van der Waals surface area contributed by atoms with Gasteiger partial charge in [0.1, 0.15) is 10.6 Å². The molecule has 1 N–H and O–H groups in total. The van der Waals surface area contributed by atoms with Gasteiger partial charge in [-0.25, -0.2) is 13.4 Å². The van der Waals surface area contributed by atoms with Crippen LogP contribution in [0.2, 0.25) is 0 Å². The molecule has 0 aliphatic rings. The van der Waals surface area contributed by atoms with Crippen LogP contribution < -0.4 is 5.32 Å². The van der Waals surface area contributed by atoms with E-state index < -0.39 is 20.4 Å². The van der Waals surface area contributed by atoms with Crippen LogP contribution in [-0.2, 0) is 16.4 Å². The number of hydrogen-bond acceptors (Lipinski definition) is 6. The summed E-state index contributed by atoms with van der Waals surface area (Å²) in [6, 6.07) is 4.19. The molecule has 0 saturated carbocycles. The van der Waals surface area contributed by atoms with Crippen LogP contribution in [0.15, 0.2) is 41.8 Å². The van der Waals surface area contributed by atoms with Gasteiger partial charge in [0.2, 0.25) is 0 Å². The van der Waals surface area contributed by atoms with Gasteiger partial charge >= 0.3 is 5.69 Å². The Kier molecular flexibility index (Phi) is 4.22. The second-order valence-electron chi connectivity index (χ2n) is 4.41. The van der Waals surface area contributed by atoms with E-state index in [4.69, 9.17) is 0 Å². The molecule has 2 rings (SSSR count). The number of imidazole rings is 1. The molecule has 112 valence electrons. The van der Waals surface area contributed by atoms with Gasteiger partial charge in [-0.1, -0.05) is 6.07 Å². The third-order valence-electron chi connectivity index (χ3n) is 2.83. The Balaban J connectivity index is 2.24. The van der Waals surface area contributed by atoms with E-state index >= 15 is 0 Å². The first-order valence-corrected chi connectivity index (χ1v) is 7.96. The van der Waals surface area contributed by atoms with Crippen molar-refractivity contribution < 1.29 is 13.3 Å². The first-order valence-electron chi connectivity index (χ1n) is 6.06. The van der Waals surface area contributed by atoms with E-state index in [2.05, 4.69) is 10.3 Å². The molecule has 21 heavy (non-hydrogen) atoms. The number of sulfone groups is 1. The molecular weight excluding hydrogens is 296 g/mol. The van der Waals surface area contributed by atoms with E-state index in [1.54, 1.807) is 23.3 Å². The van der Waals surface area contributed by atoms with Crippen LogP contribution in [-0.4, -0.2) is 35.7 Å². The molecule has 0 aliphatic carbocycles. The van der Waals surface area contributed by atoms with Gasteiger partial charge in [0.15, 0.2) is 9.84 Å². The molecule has 1 aromatic carbocycles. The van der Waals surface area contributed by atoms with Crippen molar-refractivity contribution >= 4 is 21.2 Å². The molecule has 8 nitrogen and oxygen atoms in total. The molecule has 0 amide bonds. The lowest BCUT2D eigenvalue weighted by Gasteiger charge is -2.09. The molecule has 0 spiro atoms. The molecule has 1 heterocycles. The Morgan fingerprint density at radius 3 is 2.76 bits per heavy atom. The second kappa shape index (κ2) is 5.92. The van der Waals surface area contributed by atoms with E-state index in [1.807, 2.05) is 0 Å². The highest BCUT2D eigenvalue weighted by molar-refractivity contribution is 7.90.